The monoisotopic (exact) mass is 341 g/mol. The van der Waals surface area contributed by atoms with Crippen LogP contribution in [-0.2, 0) is 16.1 Å². The summed E-state index contributed by atoms with van der Waals surface area (Å²) in [6.07, 6.45) is 0. The summed E-state index contributed by atoms with van der Waals surface area (Å²) in [5.74, 6) is -0.725. The number of hydrogen-bond acceptors (Lipinski definition) is 5. The SMILES string of the molecule is CC1C(=O)NC(=O)CN1Cc1cccc([N+](=O)[O-])c1Br. The Bertz CT molecular complexity index is 590. The van der Waals surface area contributed by atoms with Crippen molar-refractivity contribution in [2.75, 3.05) is 6.54 Å². The Morgan fingerprint density at radius 2 is 2.20 bits per heavy atom. The smallest absolute Gasteiger partial charge is 0.283 e. The first kappa shape index (κ1) is 14.6. The van der Waals surface area contributed by atoms with Crippen LogP contribution in [0.25, 0.3) is 0 Å². The van der Waals surface area contributed by atoms with Crippen molar-refractivity contribution >= 4 is 33.4 Å². The minimum atomic E-state index is -0.481. The maximum Gasteiger partial charge on any atom is 0.283 e. The topological polar surface area (TPSA) is 92.6 Å². The van der Waals surface area contributed by atoms with Gasteiger partial charge in [-0.2, -0.15) is 0 Å². The molecule has 0 radical (unpaired) electrons. The van der Waals surface area contributed by atoms with Crippen LogP contribution in [0.2, 0.25) is 0 Å². The number of rotatable bonds is 3. The summed E-state index contributed by atoms with van der Waals surface area (Å²) >= 11 is 3.21. The van der Waals surface area contributed by atoms with E-state index in [1.54, 1.807) is 24.0 Å². The number of carbonyl (C=O) groups excluding carboxylic acids is 2. The third-order valence-corrected chi connectivity index (χ3v) is 4.08. The van der Waals surface area contributed by atoms with Crippen LogP contribution in [0.3, 0.4) is 0 Å². The first-order valence-corrected chi connectivity index (χ1v) is 6.69. The molecular weight excluding hydrogens is 330 g/mol. The van der Waals surface area contributed by atoms with E-state index < -0.39 is 11.0 Å². The molecule has 0 spiro atoms. The molecule has 1 heterocycles. The number of piperazine rings is 1. The van der Waals surface area contributed by atoms with Crippen LogP contribution in [0.5, 0.6) is 0 Å². The lowest BCUT2D eigenvalue weighted by Gasteiger charge is -2.31. The fourth-order valence-electron chi connectivity index (χ4n) is 2.01. The van der Waals surface area contributed by atoms with Gasteiger partial charge in [0.1, 0.15) is 0 Å². The highest BCUT2D eigenvalue weighted by atomic mass is 79.9. The number of amides is 2. The second-order valence-corrected chi connectivity index (χ2v) is 5.29. The molecule has 0 bridgehead atoms. The van der Waals surface area contributed by atoms with Crippen molar-refractivity contribution < 1.29 is 14.5 Å². The Balaban J connectivity index is 2.25. The van der Waals surface area contributed by atoms with Gasteiger partial charge in [0.25, 0.3) is 5.69 Å². The van der Waals surface area contributed by atoms with Gasteiger partial charge in [-0.25, -0.2) is 0 Å². The van der Waals surface area contributed by atoms with Crippen molar-refractivity contribution in [2.45, 2.75) is 19.5 Å². The molecule has 20 heavy (non-hydrogen) atoms. The van der Waals surface area contributed by atoms with E-state index in [9.17, 15) is 19.7 Å². The van der Waals surface area contributed by atoms with Gasteiger partial charge in [-0.1, -0.05) is 12.1 Å². The van der Waals surface area contributed by atoms with E-state index in [4.69, 9.17) is 0 Å². The molecule has 2 amide bonds. The van der Waals surface area contributed by atoms with Crippen molar-refractivity contribution in [3.05, 3.63) is 38.3 Å². The molecule has 1 aromatic rings. The Labute approximate surface area is 123 Å². The van der Waals surface area contributed by atoms with Crippen LogP contribution in [0.4, 0.5) is 5.69 Å². The number of benzene rings is 1. The number of nitrogens with one attached hydrogen (secondary N) is 1. The maximum atomic E-state index is 11.6. The van der Waals surface area contributed by atoms with E-state index in [0.29, 0.717) is 10.0 Å². The van der Waals surface area contributed by atoms with E-state index in [1.807, 2.05) is 0 Å². The number of imide groups is 1. The predicted octanol–water partition coefficient (Wildman–Crippen LogP) is 1.20. The normalized spacial score (nSPS) is 19.8. The molecule has 1 N–H and O–H groups in total. The Kier molecular flexibility index (Phi) is 4.15. The van der Waals surface area contributed by atoms with E-state index >= 15 is 0 Å². The van der Waals surface area contributed by atoms with Crippen LogP contribution in [0.15, 0.2) is 22.7 Å². The van der Waals surface area contributed by atoms with Gasteiger partial charge in [0.2, 0.25) is 11.8 Å². The number of nitro benzene ring substituents is 1. The van der Waals surface area contributed by atoms with Crippen LogP contribution >= 0.6 is 15.9 Å². The third kappa shape index (κ3) is 2.86. The number of halogens is 1. The molecule has 0 saturated carbocycles. The molecule has 8 heteroatoms. The highest BCUT2D eigenvalue weighted by Gasteiger charge is 2.30. The second-order valence-electron chi connectivity index (χ2n) is 4.50. The highest BCUT2D eigenvalue weighted by Crippen LogP contribution is 2.29. The largest absolute Gasteiger partial charge is 0.294 e. The van der Waals surface area contributed by atoms with Crippen molar-refractivity contribution in [1.82, 2.24) is 10.2 Å². The number of hydrogen-bond donors (Lipinski definition) is 1. The number of carbonyl (C=O) groups is 2. The minimum absolute atomic E-state index is 0.0389. The van der Waals surface area contributed by atoms with Crippen molar-refractivity contribution in [3.63, 3.8) is 0 Å². The lowest BCUT2D eigenvalue weighted by atomic mass is 10.1. The van der Waals surface area contributed by atoms with Gasteiger partial charge < -0.3 is 0 Å². The fraction of sp³-hybridized carbons (Fsp3) is 0.333. The average molecular weight is 342 g/mol. The summed E-state index contributed by atoms with van der Waals surface area (Å²) in [6.45, 7) is 2.05. The van der Waals surface area contributed by atoms with E-state index in [1.165, 1.54) is 6.07 Å². The van der Waals surface area contributed by atoms with E-state index in [0.717, 1.165) is 0 Å². The van der Waals surface area contributed by atoms with Crippen LogP contribution in [0, 0.1) is 10.1 Å². The molecule has 1 unspecified atom stereocenters. The van der Waals surface area contributed by atoms with Gasteiger partial charge in [0.15, 0.2) is 0 Å². The molecule has 1 fully saturated rings. The van der Waals surface area contributed by atoms with Crippen LogP contribution in [-0.4, -0.2) is 34.2 Å². The number of nitrogens with zero attached hydrogens (tertiary/aromatic N) is 2. The molecule has 1 saturated heterocycles. The molecule has 2 rings (SSSR count). The fourth-order valence-corrected chi connectivity index (χ4v) is 2.54. The summed E-state index contributed by atoms with van der Waals surface area (Å²) in [4.78, 5) is 35.0. The van der Waals surface area contributed by atoms with E-state index in [-0.39, 0.29) is 30.6 Å². The summed E-state index contributed by atoms with van der Waals surface area (Å²) in [5.41, 5.74) is 0.622. The second kappa shape index (κ2) is 5.68. The molecule has 1 aliphatic rings. The standard InChI is InChI=1S/C12H12BrN3O4/c1-7-12(18)14-10(17)6-15(7)5-8-3-2-4-9(11(8)13)16(19)20/h2-4,7H,5-6H2,1H3,(H,14,17,18). The highest BCUT2D eigenvalue weighted by molar-refractivity contribution is 9.10. The zero-order valence-electron chi connectivity index (χ0n) is 10.6. The van der Waals surface area contributed by atoms with Gasteiger partial charge in [0, 0.05) is 12.6 Å². The van der Waals surface area contributed by atoms with Gasteiger partial charge in [-0.15, -0.1) is 0 Å². The summed E-state index contributed by atoms with van der Waals surface area (Å²) in [5, 5.41) is 13.1. The molecule has 1 atom stereocenters. The zero-order valence-corrected chi connectivity index (χ0v) is 12.2. The summed E-state index contributed by atoms with van der Waals surface area (Å²) < 4.78 is 0.371. The lowest BCUT2D eigenvalue weighted by Crippen LogP contribution is -2.56. The van der Waals surface area contributed by atoms with Crippen molar-refractivity contribution in [3.8, 4) is 0 Å². The first-order chi connectivity index (χ1) is 9.40. The van der Waals surface area contributed by atoms with Gasteiger partial charge in [0.05, 0.1) is 22.0 Å². The number of nitro groups is 1. The quantitative estimate of drug-likeness (QED) is 0.506. The van der Waals surface area contributed by atoms with Gasteiger partial charge in [-0.3, -0.25) is 29.9 Å². The summed E-state index contributed by atoms with van der Waals surface area (Å²) in [7, 11) is 0. The molecule has 1 aliphatic heterocycles. The van der Waals surface area contributed by atoms with Crippen molar-refractivity contribution in [1.29, 1.82) is 0 Å². The van der Waals surface area contributed by atoms with Crippen LogP contribution < -0.4 is 5.32 Å². The Morgan fingerprint density at radius 1 is 1.50 bits per heavy atom. The van der Waals surface area contributed by atoms with Crippen molar-refractivity contribution in [2.24, 2.45) is 0 Å². The van der Waals surface area contributed by atoms with Gasteiger partial charge in [-0.05, 0) is 28.4 Å². The average Bonchev–Trinajstić information content (AvgIpc) is 2.37. The molecule has 0 aromatic heterocycles. The maximum absolute atomic E-state index is 11.6. The molecule has 106 valence electrons. The molecular formula is C12H12BrN3O4. The third-order valence-electron chi connectivity index (χ3n) is 3.16. The van der Waals surface area contributed by atoms with Gasteiger partial charge >= 0.3 is 0 Å². The molecule has 0 aliphatic carbocycles. The Morgan fingerprint density at radius 3 is 2.85 bits per heavy atom. The summed E-state index contributed by atoms with van der Waals surface area (Å²) in [6, 6.07) is 4.24. The van der Waals surface area contributed by atoms with E-state index in [2.05, 4.69) is 21.2 Å². The lowest BCUT2D eigenvalue weighted by molar-refractivity contribution is -0.385. The predicted molar refractivity (Wildman–Crippen MR) is 73.8 cm³/mol. The molecule has 7 nitrogen and oxygen atoms in total. The van der Waals surface area contributed by atoms with Crippen LogP contribution in [0.1, 0.15) is 12.5 Å². The first-order valence-electron chi connectivity index (χ1n) is 5.89. The Hall–Kier alpha value is -1.80. The minimum Gasteiger partial charge on any atom is -0.294 e. The zero-order chi connectivity index (χ0) is 14.9. The molecule has 1 aromatic carbocycles.